The molecule has 0 unspecified atom stereocenters. The summed E-state index contributed by atoms with van der Waals surface area (Å²) in [6.45, 7) is 4.89. The summed E-state index contributed by atoms with van der Waals surface area (Å²) in [6.07, 6.45) is 4.32. The number of likely N-dealkylation sites (tertiary alicyclic amines) is 1. The second-order valence-electron chi connectivity index (χ2n) is 7.53. The summed E-state index contributed by atoms with van der Waals surface area (Å²) >= 11 is 0. The molecule has 5 nitrogen and oxygen atoms in total. The Labute approximate surface area is 154 Å². The van der Waals surface area contributed by atoms with Gasteiger partial charge in [-0.2, -0.15) is 0 Å². The molecule has 2 saturated heterocycles. The zero-order valence-electron chi connectivity index (χ0n) is 15.3. The Kier molecular flexibility index (Phi) is 7.00. The number of piperidine rings is 1. The molecule has 0 bridgehead atoms. The van der Waals surface area contributed by atoms with Crippen molar-refractivity contribution in [3.05, 3.63) is 35.6 Å². The molecule has 2 aliphatic heterocycles. The molecular formula is C20H29FN2O3. The number of nitrogens with zero attached hydrogens (tertiary/aromatic N) is 2. The second kappa shape index (κ2) is 9.44. The molecule has 0 spiro atoms. The van der Waals surface area contributed by atoms with Crippen molar-refractivity contribution in [3.63, 3.8) is 0 Å². The van der Waals surface area contributed by atoms with Crippen LogP contribution in [0.25, 0.3) is 0 Å². The van der Waals surface area contributed by atoms with Crippen molar-refractivity contribution in [1.29, 1.82) is 0 Å². The normalized spacial score (nSPS) is 22.2. The van der Waals surface area contributed by atoms with Gasteiger partial charge in [0.2, 0.25) is 0 Å². The van der Waals surface area contributed by atoms with E-state index in [0.29, 0.717) is 19.0 Å². The predicted molar refractivity (Wildman–Crippen MR) is 97.5 cm³/mol. The van der Waals surface area contributed by atoms with E-state index < -0.39 is 5.97 Å². The van der Waals surface area contributed by atoms with Crippen molar-refractivity contribution in [1.82, 2.24) is 9.80 Å². The van der Waals surface area contributed by atoms with Crippen molar-refractivity contribution in [3.8, 4) is 0 Å². The number of benzene rings is 1. The number of rotatable bonds is 8. The molecule has 0 aromatic heterocycles. The van der Waals surface area contributed by atoms with E-state index >= 15 is 0 Å². The number of aliphatic carboxylic acids is 1. The predicted octanol–water partition coefficient (Wildman–Crippen LogP) is 2.60. The summed E-state index contributed by atoms with van der Waals surface area (Å²) in [5.41, 5.74) is 0.747. The lowest BCUT2D eigenvalue weighted by Gasteiger charge is -2.35. The maximum atomic E-state index is 13.8. The SMILES string of the molecule is O=C(O)CN(CC1CCN(Cc2ccccc2F)CC1)C[C@@H]1CCCO1. The number of carboxylic acids is 1. The van der Waals surface area contributed by atoms with Gasteiger partial charge in [-0.3, -0.25) is 14.6 Å². The maximum Gasteiger partial charge on any atom is 0.317 e. The van der Waals surface area contributed by atoms with Crippen LogP contribution < -0.4 is 0 Å². The molecular weight excluding hydrogens is 335 g/mol. The fraction of sp³-hybridized carbons (Fsp3) is 0.650. The lowest BCUT2D eigenvalue weighted by Crippen LogP contribution is -2.42. The molecule has 1 aromatic rings. The number of hydrogen-bond donors (Lipinski definition) is 1. The lowest BCUT2D eigenvalue weighted by molar-refractivity contribution is -0.138. The topological polar surface area (TPSA) is 53.0 Å². The van der Waals surface area contributed by atoms with Crippen LogP contribution in [0.1, 0.15) is 31.2 Å². The Morgan fingerprint density at radius 1 is 1.23 bits per heavy atom. The third-order valence-electron chi connectivity index (χ3n) is 5.42. The average molecular weight is 364 g/mol. The molecule has 6 heteroatoms. The Balaban J connectivity index is 1.46. The molecule has 2 heterocycles. The van der Waals surface area contributed by atoms with Gasteiger partial charge >= 0.3 is 5.97 Å². The fourth-order valence-corrected chi connectivity index (χ4v) is 4.03. The second-order valence-corrected chi connectivity index (χ2v) is 7.53. The first-order valence-corrected chi connectivity index (χ1v) is 9.61. The molecule has 0 saturated carbocycles. The third kappa shape index (κ3) is 5.76. The molecule has 0 aliphatic carbocycles. The highest BCUT2D eigenvalue weighted by molar-refractivity contribution is 5.69. The summed E-state index contributed by atoms with van der Waals surface area (Å²) < 4.78 is 19.5. The molecule has 0 radical (unpaired) electrons. The summed E-state index contributed by atoms with van der Waals surface area (Å²) in [5, 5.41) is 9.19. The van der Waals surface area contributed by atoms with E-state index in [1.165, 1.54) is 6.07 Å². The average Bonchev–Trinajstić information content (AvgIpc) is 3.11. The van der Waals surface area contributed by atoms with Crippen LogP contribution in [-0.2, 0) is 16.1 Å². The fourth-order valence-electron chi connectivity index (χ4n) is 4.03. The minimum atomic E-state index is -0.778. The summed E-state index contributed by atoms with van der Waals surface area (Å²) in [5.74, 6) is -0.425. The minimum Gasteiger partial charge on any atom is -0.480 e. The van der Waals surface area contributed by atoms with Gasteiger partial charge < -0.3 is 9.84 Å². The van der Waals surface area contributed by atoms with E-state index in [0.717, 1.165) is 57.5 Å². The molecule has 1 N–H and O–H groups in total. The highest BCUT2D eigenvalue weighted by atomic mass is 19.1. The van der Waals surface area contributed by atoms with Crippen LogP contribution >= 0.6 is 0 Å². The van der Waals surface area contributed by atoms with Crippen molar-refractivity contribution >= 4 is 5.97 Å². The summed E-state index contributed by atoms with van der Waals surface area (Å²) in [6, 6.07) is 6.95. The number of carbonyl (C=O) groups is 1. The number of halogens is 1. The van der Waals surface area contributed by atoms with Gasteiger partial charge in [0.25, 0.3) is 0 Å². The molecule has 144 valence electrons. The van der Waals surface area contributed by atoms with Crippen LogP contribution in [0.15, 0.2) is 24.3 Å². The van der Waals surface area contributed by atoms with Crippen LogP contribution in [0.2, 0.25) is 0 Å². The monoisotopic (exact) mass is 364 g/mol. The Morgan fingerprint density at radius 3 is 2.65 bits per heavy atom. The van der Waals surface area contributed by atoms with E-state index in [4.69, 9.17) is 4.74 Å². The smallest absolute Gasteiger partial charge is 0.317 e. The zero-order chi connectivity index (χ0) is 18.4. The number of hydrogen-bond acceptors (Lipinski definition) is 4. The van der Waals surface area contributed by atoms with Crippen LogP contribution in [0.3, 0.4) is 0 Å². The van der Waals surface area contributed by atoms with Gasteiger partial charge in [0, 0.05) is 31.8 Å². The number of carboxylic acid groups (broad SMARTS) is 1. The van der Waals surface area contributed by atoms with Gasteiger partial charge in [0.1, 0.15) is 5.82 Å². The van der Waals surface area contributed by atoms with Gasteiger partial charge in [-0.05, 0) is 50.8 Å². The van der Waals surface area contributed by atoms with Crippen LogP contribution in [0.5, 0.6) is 0 Å². The Bertz CT molecular complexity index is 584. The van der Waals surface area contributed by atoms with Crippen LogP contribution in [0, 0.1) is 11.7 Å². The van der Waals surface area contributed by atoms with E-state index in [-0.39, 0.29) is 18.5 Å². The summed E-state index contributed by atoms with van der Waals surface area (Å²) in [4.78, 5) is 15.5. The van der Waals surface area contributed by atoms with Crippen LogP contribution in [0.4, 0.5) is 4.39 Å². The Hall–Kier alpha value is -1.50. The zero-order valence-corrected chi connectivity index (χ0v) is 15.3. The van der Waals surface area contributed by atoms with Gasteiger partial charge in [0.15, 0.2) is 0 Å². The van der Waals surface area contributed by atoms with Gasteiger partial charge in [-0.25, -0.2) is 4.39 Å². The molecule has 1 aromatic carbocycles. The third-order valence-corrected chi connectivity index (χ3v) is 5.42. The molecule has 0 amide bonds. The first kappa shape index (κ1) is 19.3. The lowest BCUT2D eigenvalue weighted by atomic mass is 9.95. The van der Waals surface area contributed by atoms with Gasteiger partial charge in [-0.15, -0.1) is 0 Å². The molecule has 26 heavy (non-hydrogen) atoms. The Morgan fingerprint density at radius 2 is 2.00 bits per heavy atom. The highest BCUT2D eigenvalue weighted by Crippen LogP contribution is 2.22. The van der Waals surface area contributed by atoms with E-state index in [1.54, 1.807) is 6.07 Å². The van der Waals surface area contributed by atoms with Gasteiger partial charge in [-0.1, -0.05) is 18.2 Å². The molecule has 3 rings (SSSR count). The number of ether oxygens (including phenoxy) is 1. The maximum absolute atomic E-state index is 13.8. The van der Waals surface area contributed by atoms with Crippen LogP contribution in [-0.4, -0.2) is 66.3 Å². The van der Waals surface area contributed by atoms with E-state index in [1.807, 2.05) is 17.0 Å². The molecule has 1 atom stereocenters. The van der Waals surface area contributed by atoms with Crippen molar-refractivity contribution < 1.29 is 19.0 Å². The first-order valence-electron chi connectivity index (χ1n) is 9.61. The quantitative estimate of drug-likeness (QED) is 0.768. The van der Waals surface area contributed by atoms with Crippen molar-refractivity contribution in [2.24, 2.45) is 5.92 Å². The van der Waals surface area contributed by atoms with Crippen molar-refractivity contribution in [2.75, 3.05) is 39.3 Å². The summed E-state index contributed by atoms with van der Waals surface area (Å²) in [7, 11) is 0. The van der Waals surface area contributed by atoms with E-state index in [2.05, 4.69) is 4.90 Å². The minimum absolute atomic E-state index is 0.0787. The molecule has 2 fully saturated rings. The largest absolute Gasteiger partial charge is 0.480 e. The highest BCUT2D eigenvalue weighted by Gasteiger charge is 2.25. The van der Waals surface area contributed by atoms with Crippen molar-refractivity contribution in [2.45, 2.75) is 38.3 Å². The standard InChI is InChI=1S/C20H29FN2O3/c21-19-6-2-1-4-17(19)13-22-9-7-16(8-10-22)12-23(15-20(24)25)14-18-5-3-11-26-18/h1-2,4,6,16,18H,3,5,7-15H2,(H,24,25)/t18-/m0/s1. The molecule has 2 aliphatic rings. The first-order chi connectivity index (χ1) is 12.6. The van der Waals surface area contributed by atoms with Gasteiger partial charge in [0.05, 0.1) is 12.6 Å². The van der Waals surface area contributed by atoms with E-state index in [9.17, 15) is 14.3 Å².